The highest BCUT2D eigenvalue weighted by molar-refractivity contribution is 5.71. The van der Waals surface area contributed by atoms with E-state index in [1.165, 1.54) is 128 Å². The maximum atomic E-state index is 12.9. The minimum atomic E-state index is -0.807. The predicted octanol–water partition coefficient (Wildman–Crippen LogP) is 20.9. The second kappa shape index (κ2) is 60.9. The van der Waals surface area contributed by atoms with Crippen molar-refractivity contribution in [1.29, 1.82) is 0 Å². The van der Waals surface area contributed by atoms with Gasteiger partial charge in [-0.3, -0.25) is 14.4 Å². The van der Waals surface area contributed by atoms with Crippen LogP contribution in [-0.4, -0.2) is 37.2 Å². The van der Waals surface area contributed by atoms with Gasteiger partial charge in [0.1, 0.15) is 13.2 Å². The minimum absolute atomic E-state index is 0.0990. The van der Waals surface area contributed by atoms with Crippen LogP contribution in [0.25, 0.3) is 0 Å². The van der Waals surface area contributed by atoms with Crippen molar-refractivity contribution in [3.8, 4) is 0 Å². The Morgan fingerprint density at radius 2 is 0.534 bits per heavy atom. The molecule has 0 aromatic rings. The van der Waals surface area contributed by atoms with Crippen LogP contribution in [0.1, 0.15) is 290 Å². The molecule has 0 N–H and O–H groups in total. The fraction of sp³-hybridized carbons (Fsp3) is 0.716. The molecule has 0 bridgehead atoms. The van der Waals surface area contributed by atoms with Crippen molar-refractivity contribution in [2.45, 2.75) is 297 Å². The third-order valence-electron chi connectivity index (χ3n) is 13.1. The molecule has 0 fully saturated rings. The van der Waals surface area contributed by atoms with Crippen molar-refractivity contribution in [2.75, 3.05) is 13.2 Å². The molecule has 0 heterocycles. The molecule has 6 nitrogen and oxygen atoms in total. The van der Waals surface area contributed by atoms with Crippen LogP contribution in [0.3, 0.4) is 0 Å². The molecule has 0 saturated heterocycles. The topological polar surface area (TPSA) is 78.9 Å². The second-order valence-electron chi connectivity index (χ2n) is 20.2. The van der Waals surface area contributed by atoms with Gasteiger partial charge in [0.05, 0.1) is 0 Å². The number of esters is 3. The molecule has 0 aromatic heterocycles. The van der Waals surface area contributed by atoms with Crippen molar-refractivity contribution >= 4 is 17.9 Å². The number of carbonyl (C=O) groups excluding carboxylic acids is 3. The summed E-state index contributed by atoms with van der Waals surface area (Å²) in [4.78, 5) is 38.2. The van der Waals surface area contributed by atoms with Gasteiger partial charge in [-0.15, -0.1) is 0 Å². The van der Waals surface area contributed by atoms with Crippen LogP contribution in [0.2, 0.25) is 0 Å². The molecule has 0 rings (SSSR count). The highest BCUT2D eigenvalue weighted by atomic mass is 16.6. The van der Waals surface area contributed by atoms with Crippen molar-refractivity contribution in [3.05, 3.63) is 97.2 Å². The lowest BCUT2D eigenvalue weighted by Crippen LogP contribution is -2.30. The molecule has 6 heteroatoms. The summed E-state index contributed by atoms with van der Waals surface area (Å²) in [6, 6.07) is 0. The fourth-order valence-electron chi connectivity index (χ4n) is 8.54. The third-order valence-corrected chi connectivity index (χ3v) is 13.1. The summed E-state index contributed by atoms with van der Waals surface area (Å²) >= 11 is 0. The average molecular weight is 1020 g/mol. The van der Waals surface area contributed by atoms with E-state index in [9.17, 15) is 14.4 Å². The SMILES string of the molecule is CC/C=C\C/C=C\C/C=C\C/C=C\C/C=C\CCCCCC(=O)OC(COC(=O)CCCCC/C=C\C/C=C\C/C=C\CC)COC(=O)CCCCCCCCCCCCCCCCCCCCCCCCC. The number of allylic oxidation sites excluding steroid dienone is 16. The van der Waals surface area contributed by atoms with E-state index >= 15 is 0 Å². The van der Waals surface area contributed by atoms with Crippen molar-refractivity contribution < 1.29 is 28.6 Å². The Morgan fingerprint density at radius 1 is 0.288 bits per heavy atom. The Balaban J connectivity index is 4.38. The molecule has 0 spiro atoms. The monoisotopic (exact) mass is 1010 g/mol. The Kier molecular flexibility index (Phi) is 57.8. The van der Waals surface area contributed by atoms with Crippen LogP contribution < -0.4 is 0 Å². The summed E-state index contributed by atoms with van der Waals surface area (Å²) < 4.78 is 16.8. The van der Waals surface area contributed by atoms with Gasteiger partial charge in [0, 0.05) is 19.3 Å². The lowest BCUT2D eigenvalue weighted by Gasteiger charge is -2.18. The zero-order valence-corrected chi connectivity index (χ0v) is 47.9. The summed E-state index contributed by atoms with van der Waals surface area (Å²) in [5.74, 6) is -0.955. The predicted molar refractivity (Wildman–Crippen MR) is 316 cm³/mol. The van der Waals surface area contributed by atoms with E-state index in [0.717, 1.165) is 122 Å². The molecule has 418 valence electrons. The van der Waals surface area contributed by atoms with E-state index in [0.29, 0.717) is 12.8 Å². The molecular formula is C67H114O6. The number of rotatable bonds is 55. The van der Waals surface area contributed by atoms with Crippen LogP contribution >= 0.6 is 0 Å². The summed E-state index contributed by atoms with van der Waals surface area (Å²) in [6.07, 6.45) is 81.3. The summed E-state index contributed by atoms with van der Waals surface area (Å²) in [5, 5.41) is 0. The first kappa shape index (κ1) is 69.3. The maximum Gasteiger partial charge on any atom is 0.306 e. The molecule has 0 amide bonds. The molecule has 0 radical (unpaired) electrons. The first-order valence-electron chi connectivity index (χ1n) is 30.7. The van der Waals surface area contributed by atoms with Crippen LogP contribution in [0.15, 0.2) is 97.2 Å². The summed E-state index contributed by atoms with van der Waals surface area (Å²) in [6.45, 7) is 6.38. The van der Waals surface area contributed by atoms with Crippen molar-refractivity contribution in [3.63, 3.8) is 0 Å². The standard InChI is InChI=1S/C67H114O6/c1-4-7-10-13-16-19-22-25-27-29-31-32-33-34-36-37-39-42-45-48-51-54-57-60-66(69)72-63-64(62-71-65(68)59-56-53-50-47-44-41-24-21-18-15-12-9-6-3)73-67(70)61-58-55-52-49-46-43-40-38-35-30-28-26-23-20-17-14-11-8-5-2/h8-9,11-12,17-18,20-21,26,28,35,38,41,43-44,46,64H,4-7,10,13-16,19,22-25,27,29-34,36-37,39-40,42,45,47-63H2,1-3H3/b11-8-,12-9-,20-17-,21-18-,28-26-,38-35-,44-41-,46-43-. The van der Waals surface area contributed by atoms with E-state index in [4.69, 9.17) is 14.2 Å². The van der Waals surface area contributed by atoms with Gasteiger partial charge in [-0.2, -0.15) is 0 Å². The quantitative estimate of drug-likeness (QED) is 0.0261. The van der Waals surface area contributed by atoms with E-state index in [1.807, 2.05) is 0 Å². The molecule has 1 unspecified atom stereocenters. The molecule has 0 aliphatic heterocycles. The Labute approximate surface area is 451 Å². The minimum Gasteiger partial charge on any atom is -0.462 e. The lowest BCUT2D eigenvalue weighted by atomic mass is 10.0. The van der Waals surface area contributed by atoms with Gasteiger partial charge in [0.15, 0.2) is 6.10 Å². The number of ether oxygens (including phenoxy) is 3. The molecule has 0 aliphatic carbocycles. The zero-order chi connectivity index (χ0) is 52.9. The Hall–Kier alpha value is -3.67. The van der Waals surface area contributed by atoms with E-state index in [2.05, 4.69) is 118 Å². The van der Waals surface area contributed by atoms with Crippen LogP contribution in [0.4, 0.5) is 0 Å². The van der Waals surface area contributed by atoms with E-state index in [1.54, 1.807) is 0 Å². The van der Waals surface area contributed by atoms with Gasteiger partial charge in [-0.25, -0.2) is 0 Å². The van der Waals surface area contributed by atoms with Crippen LogP contribution in [-0.2, 0) is 28.6 Å². The maximum absolute atomic E-state index is 12.9. The molecular weight excluding hydrogens is 901 g/mol. The number of carbonyl (C=O) groups is 3. The van der Waals surface area contributed by atoms with Gasteiger partial charge in [-0.1, -0.05) is 272 Å². The van der Waals surface area contributed by atoms with Gasteiger partial charge < -0.3 is 14.2 Å². The number of unbranched alkanes of at least 4 members (excludes halogenated alkanes) is 28. The molecule has 0 saturated carbocycles. The van der Waals surface area contributed by atoms with Crippen molar-refractivity contribution in [2.24, 2.45) is 0 Å². The second-order valence-corrected chi connectivity index (χ2v) is 20.2. The first-order valence-corrected chi connectivity index (χ1v) is 30.7. The van der Waals surface area contributed by atoms with Gasteiger partial charge in [0.2, 0.25) is 0 Å². The van der Waals surface area contributed by atoms with Crippen molar-refractivity contribution in [1.82, 2.24) is 0 Å². The van der Waals surface area contributed by atoms with Gasteiger partial charge in [0.25, 0.3) is 0 Å². The highest BCUT2D eigenvalue weighted by Gasteiger charge is 2.19. The van der Waals surface area contributed by atoms with Crippen LogP contribution in [0, 0.1) is 0 Å². The average Bonchev–Trinajstić information content (AvgIpc) is 3.39. The van der Waals surface area contributed by atoms with E-state index < -0.39 is 6.10 Å². The first-order chi connectivity index (χ1) is 36.0. The Morgan fingerprint density at radius 3 is 0.836 bits per heavy atom. The summed E-state index contributed by atoms with van der Waals surface area (Å²) in [5.41, 5.74) is 0. The largest absolute Gasteiger partial charge is 0.462 e. The van der Waals surface area contributed by atoms with E-state index in [-0.39, 0.29) is 37.5 Å². The third kappa shape index (κ3) is 59.1. The molecule has 0 aromatic carbocycles. The zero-order valence-electron chi connectivity index (χ0n) is 47.9. The normalized spacial score (nSPS) is 12.8. The molecule has 73 heavy (non-hydrogen) atoms. The van der Waals surface area contributed by atoms with Gasteiger partial charge >= 0.3 is 17.9 Å². The molecule has 1 atom stereocenters. The highest BCUT2D eigenvalue weighted by Crippen LogP contribution is 2.17. The Bertz CT molecular complexity index is 1440. The fourth-order valence-corrected chi connectivity index (χ4v) is 8.54. The smallest absolute Gasteiger partial charge is 0.306 e. The molecule has 0 aliphatic rings. The summed E-state index contributed by atoms with van der Waals surface area (Å²) in [7, 11) is 0. The number of hydrogen-bond acceptors (Lipinski definition) is 6. The van der Waals surface area contributed by atoms with Crippen LogP contribution in [0.5, 0.6) is 0 Å². The lowest BCUT2D eigenvalue weighted by molar-refractivity contribution is -0.167. The number of hydrogen-bond donors (Lipinski definition) is 0. The van der Waals surface area contributed by atoms with Gasteiger partial charge in [-0.05, 0) is 96.3 Å².